The van der Waals surface area contributed by atoms with Crippen LogP contribution in [0.4, 0.5) is 11.4 Å². The van der Waals surface area contributed by atoms with Crippen molar-refractivity contribution in [2.45, 2.75) is 6.42 Å². The largest absolute Gasteiger partial charge is 0.362 e. The summed E-state index contributed by atoms with van der Waals surface area (Å²) in [7, 11) is 1.72. The molecule has 0 spiro atoms. The van der Waals surface area contributed by atoms with Crippen LogP contribution in [0.25, 0.3) is 5.57 Å². The van der Waals surface area contributed by atoms with Crippen LogP contribution in [-0.2, 0) is 7.05 Å². The van der Waals surface area contributed by atoms with Crippen LogP contribution in [0.1, 0.15) is 27.5 Å². The van der Waals surface area contributed by atoms with Gasteiger partial charge < -0.3 is 9.47 Å². The highest BCUT2D eigenvalue weighted by molar-refractivity contribution is 7.11. The molecule has 7 nitrogen and oxygen atoms in total. The third kappa shape index (κ3) is 3.34. The van der Waals surface area contributed by atoms with Crippen molar-refractivity contribution in [2.24, 2.45) is 7.05 Å². The number of nitro benzene ring substituents is 1. The summed E-state index contributed by atoms with van der Waals surface area (Å²) in [6.45, 7) is 1.29. The molecule has 28 heavy (non-hydrogen) atoms. The molecule has 0 radical (unpaired) electrons. The fourth-order valence-electron chi connectivity index (χ4n) is 3.36. The van der Waals surface area contributed by atoms with Gasteiger partial charge in [0.05, 0.1) is 4.92 Å². The summed E-state index contributed by atoms with van der Waals surface area (Å²) in [5.41, 5.74) is 2.00. The van der Waals surface area contributed by atoms with Gasteiger partial charge in [0.15, 0.2) is 5.82 Å². The Morgan fingerprint density at radius 1 is 1.32 bits per heavy atom. The van der Waals surface area contributed by atoms with E-state index in [1.54, 1.807) is 41.3 Å². The molecule has 0 amide bonds. The normalized spacial score (nSPS) is 14.0. The summed E-state index contributed by atoms with van der Waals surface area (Å²) in [5, 5.41) is 13.7. The maximum absolute atomic E-state index is 12.6. The molecule has 2 aromatic heterocycles. The molecule has 1 aliphatic heterocycles. The maximum Gasteiger partial charge on any atom is 0.293 e. The number of carbonyl (C=O) groups is 1. The summed E-state index contributed by atoms with van der Waals surface area (Å²) in [5.74, 6) is -0.0794. The number of anilines is 1. The predicted molar refractivity (Wildman–Crippen MR) is 109 cm³/mol. The van der Waals surface area contributed by atoms with Gasteiger partial charge in [-0.3, -0.25) is 14.9 Å². The van der Waals surface area contributed by atoms with Gasteiger partial charge in [-0.2, -0.15) is 0 Å². The number of aromatic nitrogens is 2. The van der Waals surface area contributed by atoms with Gasteiger partial charge in [0, 0.05) is 49.0 Å². The number of nitrogens with zero attached hydrogens (tertiary/aromatic N) is 4. The van der Waals surface area contributed by atoms with Crippen molar-refractivity contribution in [3.8, 4) is 0 Å². The first-order chi connectivity index (χ1) is 13.5. The second kappa shape index (κ2) is 7.40. The van der Waals surface area contributed by atoms with Crippen LogP contribution in [0.15, 0.2) is 54.2 Å². The summed E-state index contributed by atoms with van der Waals surface area (Å²) >= 11 is 1.70. The zero-order valence-electron chi connectivity index (χ0n) is 15.2. The van der Waals surface area contributed by atoms with E-state index in [-0.39, 0.29) is 22.9 Å². The zero-order chi connectivity index (χ0) is 19.7. The topological polar surface area (TPSA) is 81.3 Å². The minimum absolute atomic E-state index is 0.0620. The number of nitro groups is 1. The number of rotatable bonds is 5. The van der Waals surface area contributed by atoms with Crippen molar-refractivity contribution < 1.29 is 9.72 Å². The Bertz CT molecular complexity index is 1070. The first-order valence-corrected chi connectivity index (χ1v) is 9.71. The van der Waals surface area contributed by atoms with Crippen LogP contribution < -0.4 is 4.90 Å². The van der Waals surface area contributed by atoms with Gasteiger partial charge in [-0.05, 0) is 35.6 Å². The van der Waals surface area contributed by atoms with Gasteiger partial charge in [0.1, 0.15) is 5.69 Å². The molecule has 0 fully saturated rings. The highest BCUT2D eigenvalue weighted by Gasteiger charge is 2.25. The second-order valence-corrected chi connectivity index (χ2v) is 7.50. The predicted octanol–water partition coefficient (Wildman–Crippen LogP) is 3.91. The third-order valence-electron chi connectivity index (χ3n) is 4.85. The number of carbonyl (C=O) groups excluding carboxylic acids is 1. The molecule has 0 N–H and O–H groups in total. The lowest BCUT2D eigenvalue weighted by molar-refractivity contribution is -0.384. The van der Waals surface area contributed by atoms with Gasteiger partial charge in [-0.15, -0.1) is 11.3 Å². The van der Waals surface area contributed by atoms with E-state index in [2.05, 4.69) is 17.1 Å². The Morgan fingerprint density at radius 2 is 2.18 bits per heavy atom. The van der Waals surface area contributed by atoms with Crippen molar-refractivity contribution in [2.75, 3.05) is 18.0 Å². The van der Waals surface area contributed by atoms with Gasteiger partial charge >= 0.3 is 0 Å². The Kier molecular flexibility index (Phi) is 4.79. The number of imidazole rings is 1. The number of thiophene rings is 1. The zero-order valence-corrected chi connectivity index (χ0v) is 16.1. The SMILES string of the molecule is Cn1ccnc1C(=O)c1ccc(N2CC=C(c3cccs3)CC2)c([N+](=O)[O-])c1. The van der Waals surface area contributed by atoms with Crippen LogP contribution in [0, 0.1) is 10.1 Å². The number of aryl methyl sites for hydroxylation is 1. The van der Waals surface area contributed by atoms with Gasteiger partial charge in [0.25, 0.3) is 5.69 Å². The molecule has 1 aromatic carbocycles. The van der Waals surface area contributed by atoms with Crippen molar-refractivity contribution in [1.29, 1.82) is 0 Å². The Morgan fingerprint density at radius 3 is 2.79 bits per heavy atom. The summed E-state index contributed by atoms with van der Waals surface area (Å²) in [6, 6.07) is 8.77. The Labute approximate surface area is 165 Å². The fraction of sp³-hybridized carbons (Fsp3) is 0.200. The van der Waals surface area contributed by atoms with Crippen molar-refractivity contribution in [1.82, 2.24) is 9.55 Å². The monoisotopic (exact) mass is 394 g/mol. The molecule has 142 valence electrons. The van der Waals surface area contributed by atoms with Crippen LogP contribution in [-0.4, -0.2) is 33.3 Å². The number of hydrogen-bond donors (Lipinski definition) is 0. The van der Waals surface area contributed by atoms with E-state index in [1.165, 1.54) is 22.7 Å². The molecule has 0 unspecified atom stereocenters. The third-order valence-corrected chi connectivity index (χ3v) is 5.79. The van der Waals surface area contributed by atoms with Crippen LogP contribution in [0.5, 0.6) is 0 Å². The first-order valence-electron chi connectivity index (χ1n) is 8.83. The van der Waals surface area contributed by atoms with Crippen LogP contribution in [0.3, 0.4) is 0 Å². The van der Waals surface area contributed by atoms with Crippen molar-refractivity contribution in [3.63, 3.8) is 0 Å². The molecule has 3 aromatic rings. The fourth-order valence-corrected chi connectivity index (χ4v) is 4.16. The van der Waals surface area contributed by atoms with Gasteiger partial charge in [-0.25, -0.2) is 4.98 Å². The number of benzene rings is 1. The van der Waals surface area contributed by atoms with Crippen molar-refractivity contribution in [3.05, 3.63) is 80.6 Å². The number of hydrogen-bond acceptors (Lipinski definition) is 6. The Hall–Kier alpha value is -3.26. The maximum atomic E-state index is 12.6. The molecule has 1 aliphatic rings. The van der Waals surface area contributed by atoms with E-state index >= 15 is 0 Å². The van der Waals surface area contributed by atoms with Crippen molar-refractivity contribution >= 4 is 34.1 Å². The molecule has 0 saturated carbocycles. The standard InChI is InChI=1S/C20H18N4O3S/c1-22-11-8-21-20(22)19(25)15-4-5-16(17(13-15)24(26)27)23-9-6-14(7-10-23)18-3-2-12-28-18/h2-6,8,11-13H,7,9-10H2,1H3. The average molecular weight is 394 g/mol. The van der Waals surface area contributed by atoms with E-state index in [0.717, 1.165) is 6.42 Å². The quantitative estimate of drug-likeness (QED) is 0.372. The summed E-state index contributed by atoms with van der Waals surface area (Å²) in [4.78, 5) is 31.1. The molecule has 0 saturated heterocycles. The lowest BCUT2D eigenvalue weighted by Crippen LogP contribution is -2.28. The van der Waals surface area contributed by atoms with E-state index in [0.29, 0.717) is 18.8 Å². The molecular weight excluding hydrogens is 376 g/mol. The smallest absolute Gasteiger partial charge is 0.293 e. The van der Waals surface area contributed by atoms with Gasteiger partial charge in [0.2, 0.25) is 5.78 Å². The second-order valence-electron chi connectivity index (χ2n) is 6.55. The minimum Gasteiger partial charge on any atom is -0.362 e. The van der Waals surface area contributed by atoms with Crippen LogP contribution in [0.2, 0.25) is 0 Å². The molecule has 0 aliphatic carbocycles. The molecule has 0 atom stereocenters. The molecule has 8 heteroatoms. The molecular formula is C20H18N4O3S. The minimum atomic E-state index is -0.428. The molecule has 3 heterocycles. The lowest BCUT2D eigenvalue weighted by Gasteiger charge is -2.28. The Balaban J connectivity index is 1.62. The lowest BCUT2D eigenvalue weighted by atomic mass is 10.0. The molecule has 4 rings (SSSR count). The number of ketones is 1. The van der Waals surface area contributed by atoms with Gasteiger partial charge in [-0.1, -0.05) is 12.1 Å². The van der Waals surface area contributed by atoms with E-state index in [1.807, 2.05) is 16.3 Å². The molecule has 0 bridgehead atoms. The first kappa shape index (κ1) is 18.1. The average Bonchev–Trinajstić information content (AvgIpc) is 3.39. The van der Waals surface area contributed by atoms with E-state index in [9.17, 15) is 14.9 Å². The summed E-state index contributed by atoms with van der Waals surface area (Å²) in [6.07, 6.45) is 6.14. The summed E-state index contributed by atoms with van der Waals surface area (Å²) < 4.78 is 1.60. The van der Waals surface area contributed by atoms with Crippen LogP contribution >= 0.6 is 11.3 Å². The highest BCUT2D eigenvalue weighted by Crippen LogP contribution is 2.34. The van der Waals surface area contributed by atoms with E-state index < -0.39 is 4.92 Å². The highest BCUT2D eigenvalue weighted by atomic mass is 32.1. The van der Waals surface area contributed by atoms with E-state index in [4.69, 9.17) is 0 Å².